The van der Waals surface area contributed by atoms with Gasteiger partial charge in [0.25, 0.3) is 0 Å². The molecule has 0 aliphatic carbocycles. The van der Waals surface area contributed by atoms with Crippen LogP contribution in [0.2, 0.25) is 0 Å². The van der Waals surface area contributed by atoms with E-state index >= 15 is 0 Å². The molecule has 1 amide bonds. The highest BCUT2D eigenvalue weighted by Gasteiger charge is 2.51. The highest BCUT2D eigenvalue weighted by molar-refractivity contribution is 7.99. The third-order valence-electron chi connectivity index (χ3n) is 6.37. The van der Waals surface area contributed by atoms with Crippen LogP contribution in [0.4, 0.5) is 0 Å². The highest BCUT2D eigenvalue weighted by Crippen LogP contribution is 2.36. The zero-order chi connectivity index (χ0) is 31.8. The number of nitrogens with zero attached hydrogens (tertiary/aromatic N) is 3. The fraction of sp³-hybridized carbons (Fsp3) is 0.400. The van der Waals surface area contributed by atoms with Crippen molar-refractivity contribution in [2.24, 2.45) is 0 Å². The monoisotopic (exact) mass is 626 g/mol. The van der Waals surface area contributed by atoms with E-state index in [1.54, 1.807) is 4.57 Å². The van der Waals surface area contributed by atoms with Gasteiger partial charge in [0, 0.05) is 33.4 Å². The summed E-state index contributed by atoms with van der Waals surface area (Å²) in [5, 5.41) is 11.9. The Balaban J connectivity index is 1.73. The zero-order valence-corrected chi connectivity index (χ0v) is 25.7. The Morgan fingerprint density at radius 3 is 2.25 bits per heavy atom. The first-order valence-corrected chi connectivity index (χ1v) is 14.7. The van der Waals surface area contributed by atoms with Crippen molar-refractivity contribution >= 4 is 35.6 Å². The van der Waals surface area contributed by atoms with Crippen molar-refractivity contribution in [2.75, 3.05) is 6.61 Å². The molecule has 0 bridgehead atoms. The minimum absolute atomic E-state index is 0.0895. The number of ether oxygens (including phenoxy) is 5. The van der Waals surface area contributed by atoms with Crippen molar-refractivity contribution in [1.29, 1.82) is 0 Å². The summed E-state index contributed by atoms with van der Waals surface area (Å²) < 4.78 is 30.4. The first kappa shape index (κ1) is 32.5. The number of benzene rings is 2. The molecule has 234 valence electrons. The second-order valence-corrected chi connectivity index (χ2v) is 11.1. The summed E-state index contributed by atoms with van der Waals surface area (Å²) in [7, 11) is 0. The van der Waals surface area contributed by atoms with Crippen LogP contribution in [0.1, 0.15) is 39.1 Å². The molecule has 2 heterocycles. The number of hydrogen-bond acceptors (Lipinski definition) is 12. The molecular weight excluding hydrogens is 592 g/mol. The van der Waals surface area contributed by atoms with E-state index < -0.39 is 53.6 Å². The molecule has 0 radical (unpaired) electrons. The van der Waals surface area contributed by atoms with E-state index in [1.807, 2.05) is 61.5 Å². The zero-order valence-electron chi connectivity index (χ0n) is 24.9. The normalized spacial score (nSPS) is 21.2. The molecule has 4 rings (SSSR count). The number of rotatable bonds is 11. The lowest BCUT2D eigenvalue weighted by molar-refractivity contribution is -0.211. The topological polar surface area (TPSA) is 157 Å². The van der Waals surface area contributed by atoms with Gasteiger partial charge >= 0.3 is 17.9 Å². The smallest absolute Gasteiger partial charge is 0.303 e. The molecule has 0 saturated carbocycles. The van der Waals surface area contributed by atoms with Crippen LogP contribution in [0, 0.1) is 6.92 Å². The van der Waals surface area contributed by atoms with Crippen molar-refractivity contribution in [2.45, 2.75) is 76.2 Å². The third kappa shape index (κ3) is 8.57. The van der Waals surface area contributed by atoms with E-state index in [2.05, 4.69) is 15.5 Å². The predicted octanol–water partition coefficient (Wildman–Crippen LogP) is 2.90. The average Bonchev–Trinajstić information content (AvgIpc) is 3.36. The molecule has 5 atom stereocenters. The third-order valence-corrected chi connectivity index (χ3v) is 7.48. The number of esters is 3. The first-order chi connectivity index (χ1) is 21.0. The van der Waals surface area contributed by atoms with E-state index in [-0.39, 0.29) is 13.2 Å². The molecule has 44 heavy (non-hydrogen) atoms. The lowest BCUT2D eigenvalue weighted by Gasteiger charge is -2.44. The van der Waals surface area contributed by atoms with Crippen LogP contribution < -0.4 is 10.1 Å². The van der Waals surface area contributed by atoms with Crippen LogP contribution in [0.15, 0.2) is 59.8 Å². The van der Waals surface area contributed by atoms with Crippen molar-refractivity contribution in [3.63, 3.8) is 0 Å². The fourth-order valence-electron chi connectivity index (χ4n) is 4.65. The lowest BCUT2D eigenvalue weighted by atomic mass is 9.97. The van der Waals surface area contributed by atoms with Gasteiger partial charge in [-0.3, -0.25) is 23.7 Å². The van der Waals surface area contributed by atoms with Crippen LogP contribution in [0.25, 0.3) is 5.69 Å². The molecule has 13 nitrogen and oxygen atoms in total. The van der Waals surface area contributed by atoms with Gasteiger partial charge in [0.2, 0.25) is 5.91 Å². The quantitative estimate of drug-likeness (QED) is 0.246. The SMILES string of the molecule is CC(=O)NC1C(Sc2nnc(COc3cccc(C)c3)n2-c2ccccc2)OC(COC(C)=O)C(OC(C)=O)C1OC(C)=O. The van der Waals surface area contributed by atoms with Crippen molar-refractivity contribution in [1.82, 2.24) is 20.1 Å². The van der Waals surface area contributed by atoms with Gasteiger partial charge in [-0.2, -0.15) is 0 Å². The lowest BCUT2D eigenvalue weighted by Crippen LogP contribution is -2.65. The van der Waals surface area contributed by atoms with Gasteiger partial charge in [-0.15, -0.1) is 10.2 Å². The molecular formula is C30H34N4O9S. The van der Waals surface area contributed by atoms with Crippen LogP contribution >= 0.6 is 11.8 Å². The number of carbonyl (C=O) groups excluding carboxylic acids is 4. The van der Waals surface area contributed by atoms with Gasteiger partial charge in [-0.25, -0.2) is 0 Å². The molecule has 2 aromatic carbocycles. The van der Waals surface area contributed by atoms with Crippen molar-refractivity contribution < 1.29 is 42.9 Å². The van der Waals surface area contributed by atoms with Gasteiger partial charge in [0.15, 0.2) is 23.2 Å². The Hall–Kier alpha value is -4.43. The number of para-hydroxylation sites is 1. The number of hydrogen-bond donors (Lipinski definition) is 1. The minimum atomic E-state index is -1.20. The maximum atomic E-state index is 12.4. The largest absolute Gasteiger partial charge is 0.486 e. The second kappa shape index (κ2) is 14.8. The Kier molecular flexibility index (Phi) is 11.0. The number of carbonyl (C=O) groups is 4. The number of aryl methyl sites for hydroxylation is 1. The minimum Gasteiger partial charge on any atom is -0.486 e. The molecule has 1 fully saturated rings. The standard InChI is InChI=1S/C30H34N4O9S/c1-17-10-9-13-23(14-17)40-16-25-32-33-30(34(25)22-11-7-6-8-12-22)44-29-26(31-18(2)35)28(42-21(5)38)27(41-20(4)37)24(43-29)15-39-19(3)36/h6-14,24,26-29H,15-16H2,1-5H3,(H,31,35). The van der Waals surface area contributed by atoms with Crippen molar-refractivity contribution in [3.8, 4) is 11.4 Å². The molecule has 14 heteroatoms. The Bertz CT molecular complexity index is 1480. The molecule has 1 aromatic heterocycles. The maximum absolute atomic E-state index is 12.4. The van der Waals surface area contributed by atoms with E-state index in [9.17, 15) is 19.2 Å². The van der Waals surface area contributed by atoms with Crippen LogP contribution in [0.5, 0.6) is 5.75 Å². The number of nitrogens with one attached hydrogen (secondary N) is 1. The first-order valence-electron chi connectivity index (χ1n) is 13.8. The fourth-order valence-corrected chi connectivity index (χ4v) is 5.83. The Labute approximate surface area is 258 Å². The highest BCUT2D eigenvalue weighted by atomic mass is 32.2. The summed E-state index contributed by atoms with van der Waals surface area (Å²) in [6.45, 7) is 6.65. The summed E-state index contributed by atoms with van der Waals surface area (Å²) in [6, 6.07) is 16.0. The van der Waals surface area contributed by atoms with E-state index in [1.165, 1.54) is 27.7 Å². The van der Waals surface area contributed by atoms with Gasteiger partial charge in [-0.05, 0) is 36.8 Å². The number of aromatic nitrogens is 3. The van der Waals surface area contributed by atoms with E-state index in [4.69, 9.17) is 23.7 Å². The number of amides is 1. The summed E-state index contributed by atoms with van der Waals surface area (Å²) in [4.78, 5) is 48.3. The summed E-state index contributed by atoms with van der Waals surface area (Å²) in [6.07, 6.45) is -3.44. The second-order valence-electron chi connectivity index (χ2n) is 10.0. The summed E-state index contributed by atoms with van der Waals surface area (Å²) >= 11 is 1.10. The molecule has 5 unspecified atom stereocenters. The molecule has 1 saturated heterocycles. The summed E-state index contributed by atoms with van der Waals surface area (Å²) in [5.41, 5.74) is 0.813. The molecule has 0 spiro atoms. The maximum Gasteiger partial charge on any atom is 0.303 e. The van der Waals surface area contributed by atoms with Gasteiger partial charge in [0.05, 0.1) is 0 Å². The average molecular weight is 627 g/mol. The van der Waals surface area contributed by atoms with Crippen molar-refractivity contribution in [3.05, 3.63) is 66.0 Å². The predicted molar refractivity (Wildman–Crippen MR) is 157 cm³/mol. The van der Waals surface area contributed by atoms with E-state index in [0.29, 0.717) is 16.7 Å². The molecule has 1 N–H and O–H groups in total. The molecule has 3 aromatic rings. The van der Waals surface area contributed by atoms with Crippen LogP contribution in [-0.4, -0.2) is 75.0 Å². The Morgan fingerprint density at radius 1 is 0.909 bits per heavy atom. The summed E-state index contributed by atoms with van der Waals surface area (Å²) in [5.74, 6) is -1.25. The Morgan fingerprint density at radius 2 is 1.61 bits per heavy atom. The van der Waals surface area contributed by atoms with Gasteiger partial charge < -0.3 is 29.0 Å². The number of thioether (sulfide) groups is 1. The van der Waals surface area contributed by atoms with Crippen LogP contribution in [0.3, 0.4) is 0 Å². The molecule has 1 aliphatic heterocycles. The molecule has 1 aliphatic rings. The van der Waals surface area contributed by atoms with Gasteiger partial charge in [-0.1, -0.05) is 42.1 Å². The van der Waals surface area contributed by atoms with Crippen LogP contribution in [-0.2, 0) is 44.7 Å². The van der Waals surface area contributed by atoms with E-state index in [0.717, 1.165) is 23.0 Å². The van der Waals surface area contributed by atoms with Gasteiger partial charge in [0.1, 0.15) is 36.5 Å².